The van der Waals surface area contributed by atoms with Crippen LogP contribution >= 0.6 is 0 Å². The fourth-order valence-electron chi connectivity index (χ4n) is 7.47. The van der Waals surface area contributed by atoms with Crippen molar-refractivity contribution in [1.82, 2.24) is 39.9 Å². The maximum atomic E-state index is 5.06. The summed E-state index contributed by atoms with van der Waals surface area (Å²) in [5.41, 5.74) is 9.65. The normalized spacial score (nSPS) is 16.6. The van der Waals surface area contributed by atoms with Crippen LogP contribution in [0.4, 0.5) is 0 Å². The zero-order valence-corrected chi connectivity index (χ0v) is 23.4. The average molecular weight is 559 g/mol. The molecule has 5 aromatic heterocycles. The van der Waals surface area contributed by atoms with Crippen LogP contribution in [0, 0.1) is 0 Å². The third kappa shape index (κ3) is 2.97. The van der Waals surface area contributed by atoms with E-state index in [1.165, 1.54) is 0 Å². The van der Waals surface area contributed by atoms with Crippen molar-refractivity contribution < 1.29 is 0 Å². The number of nitrogens with one attached hydrogen (secondary N) is 1. The van der Waals surface area contributed by atoms with Gasteiger partial charge in [-0.25, -0.2) is 0 Å². The number of pyridine rings is 4. The van der Waals surface area contributed by atoms with Crippen LogP contribution in [0.1, 0.15) is 39.6 Å². The predicted molar refractivity (Wildman–Crippen MR) is 162 cm³/mol. The minimum Gasteiger partial charge on any atom is -0.362 e. The first-order valence-electron chi connectivity index (χ1n) is 14.3. The number of nitrogens with zero attached hydrogens (tertiary/aromatic N) is 7. The van der Waals surface area contributed by atoms with E-state index in [9.17, 15) is 0 Å². The molecule has 0 unspecified atom stereocenters. The largest absolute Gasteiger partial charge is 0.362 e. The summed E-state index contributed by atoms with van der Waals surface area (Å²) in [6.07, 6.45) is 13.6. The van der Waals surface area contributed by atoms with E-state index in [2.05, 4.69) is 88.0 Å². The van der Waals surface area contributed by atoms with Gasteiger partial charge in [0, 0.05) is 72.7 Å². The van der Waals surface area contributed by atoms with Crippen molar-refractivity contribution in [1.29, 1.82) is 0 Å². The fraction of sp³-hybridized carbons (Fsp3) is 0.114. The van der Waals surface area contributed by atoms with Crippen molar-refractivity contribution in [2.75, 3.05) is 13.7 Å². The molecule has 1 aliphatic heterocycles. The SMILES string of the molecule is CN1C=CN(C2(c3cccc(C4(c5ccn[nH]5)c5ncccc5-c5cccnc54)c3)c3ncccc3-c3cccnc32)C1. The highest BCUT2D eigenvalue weighted by Gasteiger charge is 2.54. The van der Waals surface area contributed by atoms with Crippen LogP contribution in [0.25, 0.3) is 22.3 Å². The zero-order chi connectivity index (χ0) is 28.6. The van der Waals surface area contributed by atoms with E-state index < -0.39 is 11.0 Å². The molecular weight excluding hydrogens is 532 g/mol. The minimum atomic E-state index is -0.795. The lowest BCUT2D eigenvalue weighted by atomic mass is 9.72. The van der Waals surface area contributed by atoms with E-state index in [0.717, 1.165) is 61.9 Å². The Bertz CT molecular complexity index is 1970. The topological polar surface area (TPSA) is 86.7 Å². The highest BCUT2D eigenvalue weighted by molar-refractivity contribution is 5.84. The van der Waals surface area contributed by atoms with E-state index >= 15 is 0 Å². The quantitative estimate of drug-likeness (QED) is 0.314. The summed E-state index contributed by atoms with van der Waals surface area (Å²) < 4.78 is 0. The van der Waals surface area contributed by atoms with Gasteiger partial charge in [0.25, 0.3) is 0 Å². The molecule has 0 amide bonds. The van der Waals surface area contributed by atoms with Crippen LogP contribution in [0.2, 0.25) is 0 Å². The second-order valence-electron chi connectivity index (χ2n) is 11.3. The van der Waals surface area contributed by atoms with E-state index in [0.29, 0.717) is 6.67 Å². The number of hydrogen-bond donors (Lipinski definition) is 1. The molecule has 0 saturated heterocycles. The lowest BCUT2D eigenvalue weighted by Crippen LogP contribution is -2.46. The third-order valence-electron chi connectivity index (χ3n) is 9.13. The highest BCUT2D eigenvalue weighted by Crippen LogP contribution is 2.57. The highest BCUT2D eigenvalue weighted by atomic mass is 15.4. The average Bonchev–Trinajstić information content (AvgIpc) is 3.85. The zero-order valence-electron chi connectivity index (χ0n) is 23.4. The number of rotatable bonds is 4. The Hall–Kier alpha value is -5.63. The summed E-state index contributed by atoms with van der Waals surface area (Å²) >= 11 is 0. The molecule has 3 aliphatic rings. The Kier molecular flexibility index (Phi) is 4.85. The maximum absolute atomic E-state index is 5.06. The van der Waals surface area contributed by atoms with Gasteiger partial charge in [0.2, 0.25) is 0 Å². The van der Waals surface area contributed by atoms with E-state index in [1.807, 2.05) is 55.1 Å². The number of hydrogen-bond acceptors (Lipinski definition) is 7. The Morgan fingerprint density at radius 1 is 0.605 bits per heavy atom. The molecule has 2 aliphatic carbocycles. The third-order valence-corrected chi connectivity index (χ3v) is 9.13. The molecule has 0 spiro atoms. The molecule has 8 heteroatoms. The van der Waals surface area contributed by atoms with Gasteiger partial charge < -0.3 is 9.80 Å². The van der Waals surface area contributed by atoms with Gasteiger partial charge in [-0.3, -0.25) is 25.0 Å². The maximum Gasteiger partial charge on any atom is 0.153 e. The van der Waals surface area contributed by atoms with Crippen LogP contribution in [0.15, 0.2) is 122 Å². The van der Waals surface area contributed by atoms with E-state index in [-0.39, 0.29) is 0 Å². The molecule has 0 saturated carbocycles. The molecule has 1 N–H and O–H groups in total. The van der Waals surface area contributed by atoms with Gasteiger partial charge in [0.1, 0.15) is 5.41 Å². The van der Waals surface area contributed by atoms with Gasteiger partial charge in [-0.2, -0.15) is 5.10 Å². The summed E-state index contributed by atoms with van der Waals surface area (Å²) in [7, 11) is 2.09. The van der Waals surface area contributed by atoms with Gasteiger partial charge in [-0.1, -0.05) is 48.5 Å². The Labute approximate surface area is 248 Å². The van der Waals surface area contributed by atoms with Crippen molar-refractivity contribution in [3.05, 3.63) is 162 Å². The molecule has 0 radical (unpaired) electrons. The summed E-state index contributed by atoms with van der Waals surface area (Å²) in [6, 6.07) is 27.4. The lowest BCUT2D eigenvalue weighted by Gasteiger charge is -2.40. The van der Waals surface area contributed by atoms with E-state index in [4.69, 9.17) is 19.9 Å². The summed E-state index contributed by atoms with van der Waals surface area (Å²) in [5.74, 6) is 0. The van der Waals surface area contributed by atoms with Gasteiger partial charge >= 0.3 is 0 Å². The summed E-state index contributed by atoms with van der Waals surface area (Å²) in [4.78, 5) is 24.7. The van der Waals surface area contributed by atoms with Crippen molar-refractivity contribution in [3.63, 3.8) is 0 Å². The molecule has 1 aromatic carbocycles. The van der Waals surface area contributed by atoms with Gasteiger partial charge in [-0.05, 0) is 41.5 Å². The second kappa shape index (κ2) is 8.69. The molecule has 8 nitrogen and oxygen atoms in total. The molecular formula is C35H26N8. The van der Waals surface area contributed by atoms with Crippen molar-refractivity contribution in [3.8, 4) is 22.3 Å². The van der Waals surface area contributed by atoms with Crippen molar-refractivity contribution in [2.24, 2.45) is 0 Å². The molecule has 6 aromatic rings. The Morgan fingerprint density at radius 2 is 1.16 bits per heavy atom. The monoisotopic (exact) mass is 558 g/mol. The first-order valence-corrected chi connectivity index (χ1v) is 14.3. The van der Waals surface area contributed by atoms with Crippen LogP contribution in [0.3, 0.4) is 0 Å². The van der Waals surface area contributed by atoms with Crippen molar-refractivity contribution >= 4 is 0 Å². The van der Waals surface area contributed by atoms with Crippen molar-refractivity contribution in [2.45, 2.75) is 11.0 Å². The lowest BCUT2D eigenvalue weighted by molar-refractivity contribution is 0.190. The van der Waals surface area contributed by atoms with Gasteiger partial charge in [0.05, 0.1) is 35.1 Å². The van der Waals surface area contributed by atoms with E-state index in [1.54, 1.807) is 6.20 Å². The van der Waals surface area contributed by atoms with Crippen LogP contribution in [-0.2, 0) is 11.0 Å². The molecule has 206 valence electrons. The smallest absolute Gasteiger partial charge is 0.153 e. The molecule has 6 heterocycles. The molecule has 0 fully saturated rings. The Balaban J connectivity index is 1.38. The summed E-state index contributed by atoms with van der Waals surface area (Å²) in [5, 5.41) is 7.71. The van der Waals surface area contributed by atoms with Gasteiger partial charge in [-0.15, -0.1) is 0 Å². The first kappa shape index (κ1) is 24.0. The molecule has 0 bridgehead atoms. The van der Waals surface area contributed by atoms with Crippen LogP contribution in [-0.4, -0.2) is 53.6 Å². The van der Waals surface area contributed by atoms with Gasteiger partial charge in [0.15, 0.2) is 5.54 Å². The number of fused-ring (bicyclic) bond motifs is 6. The Morgan fingerprint density at radius 3 is 1.70 bits per heavy atom. The fourth-order valence-corrected chi connectivity index (χ4v) is 7.47. The number of aromatic amines is 1. The van der Waals surface area contributed by atoms with Crippen LogP contribution < -0.4 is 0 Å². The standard InChI is InChI=1S/C35H26N8/c1-42-19-20-43(22-42)35(32-27(11-5-16-38-32)28-12-6-17-39-33(28)35)24-8-2-7-23(21-24)34(29-13-18-40-41-29)30-25(9-3-14-36-30)26-10-4-15-37-31(26)34/h2-21H,22H2,1H3,(H,40,41). The number of H-pyrrole nitrogens is 1. The predicted octanol–water partition coefficient (Wildman–Crippen LogP) is 5.30. The minimum absolute atomic E-state index is 0.691. The first-order chi connectivity index (χ1) is 21.2. The molecule has 0 atom stereocenters. The van der Waals surface area contributed by atoms with Crippen LogP contribution in [0.5, 0.6) is 0 Å². The summed E-state index contributed by atoms with van der Waals surface area (Å²) in [6.45, 7) is 0.691. The molecule has 43 heavy (non-hydrogen) atoms. The molecule has 9 rings (SSSR count). The number of benzene rings is 1. The number of aromatic nitrogens is 6. The second-order valence-corrected chi connectivity index (χ2v) is 11.3.